The quantitative estimate of drug-likeness (QED) is 0.877. The number of piperidine rings is 1. The Morgan fingerprint density at radius 2 is 2.00 bits per heavy atom. The summed E-state index contributed by atoms with van der Waals surface area (Å²) >= 11 is 0. The van der Waals surface area contributed by atoms with Crippen molar-refractivity contribution < 1.29 is 13.6 Å². The Morgan fingerprint density at radius 3 is 2.68 bits per heavy atom. The second-order valence-corrected chi connectivity index (χ2v) is 8.13. The second kappa shape index (κ2) is 7.24. The molecule has 2 aromatic heterocycles. The molecule has 6 nitrogen and oxygen atoms in total. The molecule has 1 spiro atoms. The minimum absolute atomic E-state index is 0.205. The van der Waals surface area contributed by atoms with Crippen LogP contribution in [0.2, 0.25) is 0 Å². The number of hydrogen-bond acceptors (Lipinski definition) is 4. The number of aromatic nitrogens is 3. The van der Waals surface area contributed by atoms with E-state index in [1.165, 1.54) is 5.69 Å². The first kappa shape index (κ1) is 19.0. The fraction of sp³-hybridized carbons (Fsp3) is 0.550. The monoisotopic (exact) mass is 389 g/mol. The number of pyridine rings is 1. The number of rotatable bonds is 3. The predicted octanol–water partition coefficient (Wildman–Crippen LogP) is 2.73. The Balaban J connectivity index is 1.56. The van der Waals surface area contributed by atoms with Crippen molar-refractivity contribution in [2.75, 3.05) is 26.2 Å². The standard InChI is InChI=1S/C20H25F2N5O/c1-13(2)11-27-6-3-16-18(25-12-24-16)20(27)4-7-26(8-5-20)19(28)17-15(22)9-14(21)10-23-17/h9-10,12-13H,3-8,11H2,1-2H3,(H,24,25). The molecular weight excluding hydrogens is 364 g/mol. The van der Waals surface area contributed by atoms with Gasteiger partial charge in [-0.2, -0.15) is 0 Å². The van der Waals surface area contributed by atoms with Crippen LogP contribution in [0.5, 0.6) is 0 Å². The smallest absolute Gasteiger partial charge is 0.275 e. The third kappa shape index (κ3) is 3.19. The van der Waals surface area contributed by atoms with Crippen LogP contribution in [0.15, 0.2) is 18.6 Å². The number of fused-ring (bicyclic) bond motifs is 2. The Morgan fingerprint density at radius 1 is 1.25 bits per heavy atom. The lowest BCUT2D eigenvalue weighted by molar-refractivity contribution is 0.000326. The van der Waals surface area contributed by atoms with Crippen molar-refractivity contribution in [3.8, 4) is 0 Å². The molecule has 0 unspecified atom stereocenters. The Kier molecular flexibility index (Phi) is 4.91. The minimum atomic E-state index is -0.918. The van der Waals surface area contributed by atoms with Crippen LogP contribution in [0, 0.1) is 17.6 Å². The van der Waals surface area contributed by atoms with Crippen molar-refractivity contribution in [1.82, 2.24) is 24.8 Å². The molecule has 2 aromatic rings. The molecular formula is C20H25F2N5O. The molecule has 0 atom stereocenters. The lowest BCUT2D eigenvalue weighted by Gasteiger charge is -2.51. The van der Waals surface area contributed by atoms with E-state index in [0.29, 0.717) is 25.1 Å². The Hall–Kier alpha value is -2.35. The summed E-state index contributed by atoms with van der Waals surface area (Å²) in [7, 11) is 0. The van der Waals surface area contributed by atoms with E-state index < -0.39 is 17.5 Å². The van der Waals surface area contributed by atoms with E-state index in [2.05, 4.69) is 33.7 Å². The second-order valence-electron chi connectivity index (χ2n) is 8.13. The van der Waals surface area contributed by atoms with Gasteiger partial charge in [-0.25, -0.2) is 18.7 Å². The first-order valence-corrected chi connectivity index (χ1v) is 9.79. The van der Waals surface area contributed by atoms with Crippen LogP contribution in [0.25, 0.3) is 0 Å². The molecule has 2 aliphatic rings. The third-order valence-corrected chi connectivity index (χ3v) is 5.87. The largest absolute Gasteiger partial charge is 0.348 e. The topological polar surface area (TPSA) is 65.1 Å². The summed E-state index contributed by atoms with van der Waals surface area (Å²) in [5, 5.41) is 0. The summed E-state index contributed by atoms with van der Waals surface area (Å²) in [6.07, 6.45) is 5.03. The number of nitrogens with one attached hydrogen (secondary N) is 1. The average molecular weight is 389 g/mol. The summed E-state index contributed by atoms with van der Waals surface area (Å²) in [4.78, 5) is 28.4. The maximum absolute atomic E-state index is 14.0. The lowest BCUT2D eigenvalue weighted by Crippen LogP contribution is -2.58. The molecule has 1 saturated heterocycles. The van der Waals surface area contributed by atoms with Crippen LogP contribution in [0.4, 0.5) is 8.78 Å². The molecule has 1 N–H and O–H groups in total. The number of H-pyrrole nitrogens is 1. The zero-order valence-electron chi connectivity index (χ0n) is 16.2. The van der Waals surface area contributed by atoms with Crippen LogP contribution in [0.1, 0.15) is 48.6 Å². The van der Waals surface area contributed by atoms with Gasteiger partial charge in [0.25, 0.3) is 5.91 Å². The predicted molar refractivity (Wildman–Crippen MR) is 99.7 cm³/mol. The van der Waals surface area contributed by atoms with E-state index in [-0.39, 0.29) is 11.2 Å². The molecule has 0 aliphatic carbocycles. The molecule has 28 heavy (non-hydrogen) atoms. The molecule has 2 aliphatic heterocycles. The highest BCUT2D eigenvalue weighted by Crippen LogP contribution is 2.42. The number of carbonyl (C=O) groups is 1. The molecule has 4 rings (SSSR count). The van der Waals surface area contributed by atoms with E-state index in [1.54, 1.807) is 11.2 Å². The Labute approximate surface area is 163 Å². The number of halogens is 2. The first-order valence-electron chi connectivity index (χ1n) is 9.79. The van der Waals surface area contributed by atoms with E-state index in [0.717, 1.165) is 44.2 Å². The molecule has 8 heteroatoms. The SMILES string of the molecule is CC(C)CN1CCc2[nH]cnc2C12CCN(C(=O)c1ncc(F)cc1F)CC2. The molecule has 150 valence electrons. The molecule has 0 aromatic carbocycles. The zero-order chi connectivity index (χ0) is 19.9. The van der Waals surface area contributed by atoms with E-state index in [9.17, 15) is 13.6 Å². The molecule has 0 bridgehead atoms. The lowest BCUT2D eigenvalue weighted by atomic mass is 9.78. The van der Waals surface area contributed by atoms with Crippen molar-refractivity contribution in [3.05, 3.63) is 47.3 Å². The number of aromatic amines is 1. The number of amides is 1. The van der Waals surface area contributed by atoms with Gasteiger partial charge in [0.05, 0.1) is 23.8 Å². The number of carbonyl (C=O) groups excluding carboxylic acids is 1. The van der Waals surface area contributed by atoms with E-state index >= 15 is 0 Å². The summed E-state index contributed by atoms with van der Waals surface area (Å²) in [5.41, 5.74) is 1.73. The number of likely N-dealkylation sites (tertiary alicyclic amines) is 1. The fourth-order valence-electron chi connectivity index (χ4n) is 4.58. The highest BCUT2D eigenvalue weighted by molar-refractivity contribution is 5.92. The van der Waals surface area contributed by atoms with Crippen molar-refractivity contribution in [1.29, 1.82) is 0 Å². The fourth-order valence-corrected chi connectivity index (χ4v) is 4.58. The van der Waals surface area contributed by atoms with Gasteiger partial charge in [-0.3, -0.25) is 9.69 Å². The molecule has 1 amide bonds. The van der Waals surface area contributed by atoms with E-state index in [1.807, 2.05) is 0 Å². The molecule has 0 saturated carbocycles. The highest BCUT2D eigenvalue weighted by Gasteiger charge is 2.47. The van der Waals surface area contributed by atoms with Crippen molar-refractivity contribution in [3.63, 3.8) is 0 Å². The van der Waals surface area contributed by atoms with Crippen LogP contribution in [0.3, 0.4) is 0 Å². The normalized spacial score (nSPS) is 19.2. The van der Waals surface area contributed by atoms with Gasteiger partial charge in [-0.15, -0.1) is 0 Å². The molecule has 0 radical (unpaired) electrons. The summed E-state index contributed by atoms with van der Waals surface area (Å²) in [6.45, 7) is 7.30. The summed E-state index contributed by atoms with van der Waals surface area (Å²) in [6, 6.07) is 0.702. The maximum atomic E-state index is 14.0. The van der Waals surface area contributed by atoms with Gasteiger partial charge in [0.1, 0.15) is 5.82 Å². The van der Waals surface area contributed by atoms with Crippen molar-refractivity contribution >= 4 is 5.91 Å². The maximum Gasteiger partial charge on any atom is 0.275 e. The van der Waals surface area contributed by atoms with Gasteiger partial charge < -0.3 is 9.88 Å². The van der Waals surface area contributed by atoms with Crippen LogP contribution in [-0.4, -0.2) is 56.8 Å². The highest BCUT2D eigenvalue weighted by atomic mass is 19.1. The van der Waals surface area contributed by atoms with Gasteiger partial charge >= 0.3 is 0 Å². The van der Waals surface area contributed by atoms with Crippen molar-refractivity contribution in [2.24, 2.45) is 5.92 Å². The zero-order valence-corrected chi connectivity index (χ0v) is 16.2. The van der Waals surface area contributed by atoms with Crippen LogP contribution in [-0.2, 0) is 12.0 Å². The van der Waals surface area contributed by atoms with Crippen molar-refractivity contribution in [2.45, 2.75) is 38.6 Å². The van der Waals surface area contributed by atoms with Gasteiger partial charge in [-0.05, 0) is 18.8 Å². The molecule has 1 fully saturated rings. The van der Waals surface area contributed by atoms with Gasteiger partial charge in [-0.1, -0.05) is 13.8 Å². The number of imidazole rings is 1. The number of hydrogen-bond donors (Lipinski definition) is 1. The summed E-state index contributed by atoms with van der Waals surface area (Å²) in [5.74, 6) is -1.67. The first-order chi connectivity index (χ1) is 13.4. The van der Waals surface area contributed by atoms with Gasteiger partial charge in [0.15, 0.2) is 11.5 Å². The van der Waals surface area contributed by atoms with Gasteiger partial charge in [0.2, 0.25) is 0 Å². The summed E-state index contributed by atoms with van der Waals surface area (Å²) < 4.78 is 27.1. The Bertz CT molecular complexity index is 873. The van der Waals surface area contributed by atoms with Crippen LogP contribution < -0.4 is 0 Å². The molecule has 4 heterocycles. The minimum Gasteiger partial charge on any atom is -0.348 e. The number of nitrogens with zero attached hydrogens (tertiary/aromatic N) is 4. The van der Waals surface area contributed by atoms with Crippen LogP contribution >= 0.6 is 0 Å². The van der Waals surface area contributed by atoms with E-state index in [4.69, 9.17) is 0 Å². The third-order valence-electron chi connectivity index (χ3n) is 5.87. The average Bonchev–Trinajstić information content (AvgIpc) is 3.14. The van der Waals surface area contributed by atoms with Gasteiger partial charge in [0, 0.05) is 44.4 Å².